The van der Waals surface area contributed by atoms with Crippen molar-refractivity contribution in [3.05, 3.63) is 51.5 Å². The molecule has 130 valence electrons. The van der Waals surface area contributed by atoms with Crippen molar-refractivity contribution in [3.63, 3.8) is 0 Å². The third-order valence-electron chi connectivity index (χ3n) is 3.12. The van der Waals surface area contributed by atoms with Gasteiger partial charge in [0.25, 0.3) is 21.9 Å². The molecule has 3 aromatic rings. The van der Waals surface area contributed by atoms with Crippen molar-refractivity contribution in [1.29, 1.82) is 0 Å². The van der Waals surface area contributed by atoms with Crippen molar-refractivity contribution in [3.8, 4) is 11.5 Å². The molecule has 3 rings (SSSR count). The third kappa shape index (κ3) is 3.67. The highest BCUT2D eigenvalue weighted by atomic mass is 35.5. The van der Waals surface area contributed by atoms with Crippen LogP contribution < -0.4 is 10.5 Å². The molecule has 0 saturated carbocycles. The summed E-state index contributed by atoms with van der Waals surface area (Å²) in [5, 5.41) is 3.99. The number of nitrogens with zero attached hydrogens (tertiary/aromatic N) is 2. The van der Waals surface area contributed by atoms with E-state index in [2.05, 4.69) is 14.9 Å². The maximum Gasteiger partial charge on any atom is 0.277 e. The molecular formula is C14H9Cl3N4O3S. The molecular weight excluding hydrogens is 411 g/mol. The number of halogens is 3. The highest BCUT2D eigenvalue weighted by Gasteiger charge is 2.21. The molecule has 0 aliphatic heterocycles. The number of nitrogen functional groups attached to an aromatic ring is 1. The summed E-state index contributed by atoms with van der Waals surface area (Å²) in [5.74, 6) is -0.198. The van der Waals surface area contributed by atoms with Crippen LogP contribution in [0.5, 0.6) is 0 Å². The number of hydrogen-bond donors (Lipinski definition) is 2. The molecule has 1 heterocycles. The average molecular weight is 420 g/mol. The first kappa shape index (κ1) is 17.8. The maximum atomic E-state index is 12.4. The predicted molar refractivity (Wildman–Crippen MR) is 96.4 cm³/mol. The summed E-state index contributed by atoms with van der Waals surface area (Å²) >= 11 is 17.8. The Hall–Kier alpha value is -2.00. The Morgan fingerprint density at radius 2 is 1.68 bits per heavy atom. The highest BCUT2D eigenvalue weighted by molar-refractivity contribution is 7.92. The third-order valence-corrected chi connectivity index (χ3v) is 5.38. The van der Waals surface area contributed by atoms with E-state index in [1.165, 1.54) is 12.1 Å². The summed E-state index contributed by atoms with van der Waals surface area (Å²) in [6, 6.07) is 9.10. The molecule has 0 saturated heterocycles. The second kappa shape index (κ2) is 6.72. The molecule has 0 spiro atoms. The van der Waals surface area contributed by atoms with Gasteiger partial charge in [-0.2, -0.15) is 4.98 Å². The van der Waals surface area contributed by atoms with E-state index in [0.29, 0.717) is 10.6 Å². The van der Waals surface area contributed by atoms with Crippen LogP contribution in [-0.4, -0.2) is 18.6 Å². The second-order valence-electron chi connectivity index (χ2n) is 4.81. The van der Waals surface area contributed by atoms with Crippen LogP contribution in [0.4, 0.5) is 11.6 Å². The number of sulfonamides is 1. The molecule has 1 aromatic heterocycles. The van der Waals surface area contributed by atoms with E-state index in [1.807, 2.05) is 0 Å². The lowest BCUT2D eigenvalue weighted by molar-refractivity contribution is 0.433. The van der Waals surface area contributed by atoms with Crippen LogP contribution in [0.3, 0.4) is 0 Å². The van der Waals surface area contributed by atoms with Gasteiger partial charge < -0.3 is 10.3 Å². The Morgan fingerprint density at radius 1 is 1.04 bits per heavy atom. The van der Waals surface area contributed by atoms with Crippen LogP contribution in [-0.2, 0) is 10.0 Å². The summed E-state index contributed by atoms with van der Waals surface area (Å²) in [6.07, 6.45) is 0. The Balaban J connectivity index is 1.91. The van der Waals surface area contributed by atoms with Crippen molar-refractivity contribution in [1.82, 2.24) is 10.1 Å². The lowest BCUT2D eigenvalue weighted by atomic mass is 10.2. The van der Waals surface area contributed by atoms with Crippen LogP contribution in [0.25, 0.3) is 11.5 Å². The first-order valence-electron chi connectivity index (χ1n) is 6.64. The molecule has 0 unspecified atom stereocenters. The Labute approximate surface area is 157 Å². The molecule has 0 fully saturated rings. The second-order valence-corrected chi connectivity index (χ2v) is 7.71. The number of anilines is 2. The van der Waals surface area contributed by atoms with Gasteiger partial charge >= 0.3 is 0 Å². The average Bonchev–Trinajstić information content (AvgIpc) is 3.00. The topological polar surface area (TPSA) is 111 Å². The minimum absolute atomic E-state index is 0.0118. The van der Waals surface area contributed by atoms with Gasteiger partial charge in [-0.05, 0) is 29.4 Å². The number of nitrogens with two attached hydrogens (primary N) is 1. The molecule has 2 aromatic carbocycles. The van der Waals surface area contributed by atoms with E-state index in [1.54, 1.807) is 24.3 Å². The molecule has 25 heavy (non-hydrogen) atoms. The lowest BCUT2D eigenvalue weighted by Gasteiger charge is -2.07. The van der Waals surface area contributed by atoms with Crippen molar-refractivity contribution >= 4 is 56.5 Å². The minimum Gasteiger partial charge on any atom is -0.396 e. The van der Waals surface area contributed by atoms with E-state index >= 15 is 0 Å². The first-order chi connectivity index (χ1) is 11.8. The predicted octanol–water partition coefficient (Wildman–Crippen LogP) is 4.08. The van der Waals surface area contributed by atoms with Gasteiger partial charge in [-0.3, -0.25) is 0 Å². The normalized spacial score (nSPS) is 11.5. The van der Waals surface area contributed by atoms with Gasteiger partial charge in [-0.1, -0.05) is 46.9 Å². The SMILES string of the molecule is Nc1c(Cl)cc(S(=O)(=O)Nc2noc(-c3ccccc3Cl)n2)cc1Cl. The minimum atomic E-state index is -4.05. The van der Waals surface area contributed by atoms with E-state index in [4.69, 9.17) is 45.1 Å². The van der Waals surface area contributed by atoms with Crippen molar-refractivity contribution in [2.75, 3.05) is 10.5 Å². The Morgan fingerprint density at radius 3 is 2.32 bits per heavy atom. The van der Waals surface area contributed by atoms with Crippen LogP contribution >= 0.6 is 34.8 Å². The molecule has 0 radical (unpaired) electrons. The number of rotatable bonds is 4. The summed E-state index contributed by atoms with van der Waals surface area (Å²) in [4.78, 5) is 3.78. The van der Waals surface area contributed by atoms with Crippen LogP contribution in [0, 0.1) is 0 Å². The summed E-state index contributed by atoms with van der Waals surface area (Å²) < 4.78 is 32.0. The van der Waals surface area contributed by atoms with E-state index in [9.17, 15) is 8.42 Å². The summed E-state index contributed by atoms with van der Waals surface area (Å²) in [5.41, 5.74) is 6.16. The van der Waals surface area contributed by atoms with Gasteiger partial charge in [0.15, 0.2) is 0 Å². The largest absolute Gasteiger partial charge is 0.396 e. The molecule has 0 aliphatic rings. The maximum absolute atomic E-state index is 12.4. The molecule has 11 heteroatoms. The zero-order valence-corrected chi connectivity index (χ0v) is 15.3. The van der Waals surface area contributed by atoms with E-state index < -0.39 is 10.0 Å². The quantitative estimate of drug-likeness (QED) is 0.616. The van der Waals surface area contributed by atoms with Crippen LogP contribution in [0.15, 0.2) is 45.8 Å². The zero-order chi connectivity index (χ0) is 18.2. The number of aromatic nitrogens is 2. The fraction of sp³-hybridized carbons (Fsp3) is 0. The molecule has 7 nitrogen and oxygen atoms in total. The summed E-state index contributed by atoms with van der Waals surface area (Å²) in [7, 11) is -4.05. The number of hydrogen-bond acceptors (Lipinski definition) is 6. The van der Waals surface area contributed by atoms with Crippen molar-refractivity contribution in [2.45, 2.75) is 4.90 Å². The summed E-state index contributed by atoms with van der Waals surface area (Å²) in [6.45, 7) is 0. The fourth-order valence-corrected chi connectivity index (χ4v) is 3.72. The van der Waals surface area contributed by atoms with E-state index in [-0.39, 0.29) is 32.5 Å². The van der Waals surface area contributed by atoms with Crippen molar-refractivity contribution in [2.24, 2.45) is 0 Å². The fourth-order valence-electron chi connectivity index (χ4n) is 1.90. The number of nitrogens with one attached hydrogen (secondary N) is 1. The van der Waals surface area contributed by atoms with Crippen LogP contribution in [0.1, 0.15) is 0 Å². The van der Waals surface area contributed by atoms with Gasteiger partial charge in [0, 0.05) is 0 Å². The molecule has 0 bridgehead atoms. The monoisotopic (exact) mass is 418 g/mol. The molecule has 0 amide bonds. The highest BCUT2D eigenvalue weighted by Crippen LogP contribution is 2.31. The van der Waals surface area contributed by atoms with Gasteiger partial charge in [0.1, 0.15) is 0 Å². The smallest absolute Gasteiger partial charge is 0.277 e. The van der Waals surface area contributed by atoms with Gasteiger partial charge in [0.05, 0.1) is 31.2 Å². The van der Waals surface area contributed by atoms with Gasteiger partial charge in [-0.15, -0.1) is 0 Å². The Bertz CT molecular complexity index is 1030. The molecule has 3 N–H and O–H groups in total. The number of benzene rings is 2. The zero-order valence-electron chi connectivity index (χ0n) is 12.2. The van der Waals surface area contributed by atoms with Gasteiger partial charge in [0.2, 0.25) is 0 Å². The van der Waals surface area contributed by atoms with Gasteiger partial charge in [-0.25, -0.2) is 13.1 Å². The molecule has 0 atom stereocenters. The lowest BCUT2D eigenvalue weighted by Crippen LogP contribution is -2.14. The first-order valence-corrected chi connectivity index (χ1v) is 9.25. The standard InChI is InChI=1S/C14H9Cl3N4O3S/c15-9-4-2-1-3-8(9)13-19-14(20-24-13)21-25(22,23)7-5-10(16)12(18)11(17)6-7/h1-6H,18H2,(H,20,21). The van der Waals surface area contributed by atoms with Crippen molar-refractivity contribution < 1.29 is 12.9 Å². The van der Waals surface area contributed by atoms with E-state index in [0.717, 1.165) is 0 Å². The molecule has 0 aliphatic carbocycles. The Kier molecular flexibility index (Phi) is 4.79. The van der Waals surface area contributed by atoms with Crippen LogP contribution in [0.2, 0.25) is 15.1 Å².